The standard InChI is InChI=1S/C16H12ClN3/c1-2-15-18-12-8-7-10(17)9-11(12)16-19-13-5-3-4-6-14(13)20(15)16/h3-9H,2H2,1H3. The summed E-state index contributed by atoms with van der Waals surface area (Å²) >= 11 is 6.13. The fraction of sp³-hybridized carbons (Fsp3) is 0.125. The Kier molecular flexibility index (Phi) is 2.44. The van der Waals surface area contributed by atoms with E-state index in [9.17, 15) is 0 Å². The summed E-state index contributed by atoms with van der Waals surface area (Å²) in [6, 6.07) is 13.9. The fourth-order valence-electron chi connectivity index (χ4n) is 2.68. The van der Waals surface area contributed by atoms with Crippen molar-refractivity contribution in [2.75, 3.05) is 0 Å². The fourth-order valence-corrected chi connectivity index (χ4v) is 2.85. The van der Waals surface area contributed by atoms with Crippen molar-refractivity contribution in [2.45, 2.75) is 13.3 Å². The minimum Gasteiger partial charge on any atom is -0.280 e. The molecule has 0 aliphatic heterocycles. The molecular formula is C16H12ClN3. The van der Waals surface area contributed by atoms with Crippen LogP contribution in [0.2, 0.25) is 5.02 Å². The number of aryl methyl sites for hydroxylation is 1. The highest BCUT2D eigenvalue weighted by atomic mass is 35.5. The van der Waals surface area contributed by atoms with Crippen LogP contribution in [0.1, 0.15) is 12.7 Å². The van der Waals surface area contributed by atoms with Gasteiger partial charge in [0.1, 0.15) is 11.5 Å². The van der Waals surface area contributed by atoms with Crippen LogP contribution >= 0.6 is 11.6 Å². The van der Waals surface area contributed by atoms with E-state index in [2.05, 4.69) is 17.4 Å². The molecule has 0 N–H and O–H groups in total. The van der Waals surface area contributed by atoms with Crippen molar-refractivity contribution in [1.82, 2.24) is 14.4 Å². The van der Waals surface area contributed by atoms with Gasteiger partial charge in [0.2, 0.25) is 0 Å². The molecule has 0 aliphatic rings. The maximum Gasteiger partial charge on any atom is 0.148 e. The van der Waals surface area contributed by atoms with E-state index in [1.807, 2.05) is 36.4 Å². The van der Waals surface area contributed by atoms with Gasteiger partial charge < -0.3 is 0 Å². The Labute approximate surface area is 120 Å². The highest BCUT2D eigenvalue weighted by molar-refractivity contribution is 6.31. The van der Waals surface area contributed by atoms with Crippen LogP contribution in [0.4, 0.5) is 0 Å². The highest BCUT2D eigenvalue weighted by Crippen LogP contribution is 2.26. The van der Waals surface area contributed by atoms with Crippen molar-refractivity contribution < 1.29 is 0 Å². The van der Waals surface area contributed by atoms with E-state index in [1.54, 1.807) is 0 Å². The Hall–Kier alpha value is -2.13. The summed E-state index contributed by atoms with van der Waals surface area (Å²) in [5, 5.41) is 1.70. The minimum absolute atomic E-state index is 0.706. The smallest absolute Gasteiger partial charge is 0.148 e. The Morgan fingerprint density at radius 2 is 1.90 bits per heavy atom. The lowest BCUT2D eigenvalue weighted by molar-refractivity contribution is 0.930. The van der Waals surface area contributed by atoms with Crippen molar-refractivity contribution in [3.8, 4) is 0 Å². The first-order chi connectivity index (χ1) is 9.78. The zero-order valence-electron chi connectivity index (χ0n) is 11.0. The summed E-state index contributed by atoms with van der Waals surface area (Å²) in [7, 11) is 0. The average Bonchev–Trinajstić information content (AvgIpc) is 2.86. The van der Waals surface area contributed by atoms with Crippen molar-refractivity contribution >= 4 is 39.2 Å². The number of aromatic nitrogens is 3. The molecule has 0 unspecified atom stereocenters. The van der Waals surface area contributed by atoms with Crippen LogP contribution in [0.25, 0.3) is 27.6 Å². The predicted molar refractivity (Wildman–Crippen MR) is 82.4 cm³/mol. The Balaban J connectivity index is 2.32. The molecular weight excluding hydrogens is 270 g/mol. The summed E-state index contributed by atoms with van der Waals surface area (Å²) in [5.74, 6) is 1.02. The molecule has 4 heteroatoms. The third-order valence-corrected chi connectivity index (χ3v) is 3.82. The van der Waals surface area contributed by atoms with Crippen molar-refractivity contribution in [3.63, 3.8) is 0 Å². The first-order valence-corrected chi connectivity index (χ1v) is 7.01. The molecule has 20 heavy (non-hydrogen) atoms. The molecule has 2 aromatic carbocycles. The summed E-state index contributed by atoms with van der Waals surface area (Å²) in [5.41, 5.74) is 3.94. The number of rotatable bonds is 1. The lowest BCUT2D eigenvalue weighted by Gasteiger charge is -2.07. The van der Waals surface area contributed by atoms with Crippen LogP contribution in [-0.2, 0) is 6.42 Å². The number of benzene rings is 2. The summed E-state index contributed by atoms with van der Waals surface area (Å²) in [4.78, 5) is 9.51. The molecule has 0 saturated heterocycles. The van der Waals surface area contributed by atoms with E-state index in [4.69, 9.17) is 21.6 Å². The van der Waals surface area contributed by atoms with Crippen LogP contribution in [0.15, 0.2) is 42.5 Å². The normalized spacial score (nSPS) is 11.7. The zero-order valence-corrected chi connectivity index (χ0v) is 11.7. The molecule has 2 heterocycles. The van der Waals surface area contributed by atoms with Gasteiger partial charge in [0.25, 0.3) is 0 Å². The first-order valence-electron chi connectivity index (χ1n) is 6.63. The summed E-state index contributed by atoms with van der Waals surface area (Å²) in [6.07, 6.45) is 0.857. The van der Waals surface area contributed by atoms with Gasteiger partial charge in [-0.2, -0.15) is 0 Å². The maximum atomic E-state index is 6.13. The predicted octanol–water partition coefficient (Wildman–Crippen LogP) is 4.25. The first kappa shape index (κ1) is 11.7. The molecule has 0 fully saturated rings. The minimum atomic E-state index is 0.706. The number of para-hydroxylation sites is 2. The van der Waals surface area contributed by atoms with E-state index in [0.717, 1.165) is 39.8 Å². The number of imidazole rings is 1. The third kappa shape index (κ3) is 1.53. The number of halogens is 1. The van der Waals surface area contributed by atoms with E-state index >= 15 is 0 Å². The SMILES string of the molecule is CCc1nc2ccc(Cl)cc2c2nc3ccccc3n12. The number of fused-ring (bicyclic) bond motifs is 5. The van der Waals surface area contributed by atoms with Gasteiger partial charge in [-0.25, -0.2) is 9.97 Å². The van der Waals surface area contributed by atoms with Crippen LogP contribution in [0.3, 0.4) is 0 Å². The molecule has 2 aromatic heterocycles. The third-order valence-electron chi connectivity index (χ3n) is 3.58. The van der Waals surface area contributed by atoms with Gasteiger partial charge in [-0.3, -0.25) is 4.40 Å². The molecule has 0 spiro atoms. The largest absolute Gasteiger partial charge is 0.280 e. The monoisotopic (exact) mass is 281 g/mol. The second kappa shape index (κ2) is 4.18. The van der Waals surface area contributed by atoms with Gasteiger partial charge in [-0.05, 0) is 30.3 Å². The number of hydrogen-bond donors (Lipinski definition) is 0. The molecule has 98 valence electrons. The topological polar surface area (TPSA) is 30.2 Å². The Bertz CT molecular complexity index is 956. The second-order valence-corrected chi connectivity index (χ2v) is 5.24. The quantitative estimate of drug-likeness (QED) is 0.522. The number of nitrogens with zero attached hydrogens (tertiary/aromatic N) is 3. The van der Waals surface area contributed by atoms with Crippen LogP contribution < -0.4 is 0 Å². The lowest BCUT2D eigenvalue weighted by atomic mass is 10.2. The Morgan fingerprint density at radius 1 is 1.05 bits per heavy atom. The van der Waals surface area contributed by atoms with Gasteiger partial charge in [-0.1, -0.05) is 30.7 Å². The molecule has 4 aromatic rings. The van der Waals surface area contributed by atoms with Gasteiger partial charge in [0, 0.05) is 16.8 Å². The van der Waals surface area contributed by atoms with Gasteiger partial charge in [-0.15, -0.1) is 0 Å². The summed E-state index contributed by atoms with van der Waals surface area (Å²) < 4.78 is 2.13. The summed E-state index contributed by atoms with van der Waals surface area (Å²) in [6.45, 7) is 2.11. The van der Waals surface area contributed by atoms with Crippen LogP contribution in [-0.4, -0.2) is 14.4 Å². The second-order valence-electron chi connectivity index (χ2n) is 4.80. The van der Waals surface area contributed by atoms with Crippen LogP contribution in [0, 0.1) is 0 Å². The lowest BCUT2D eigenvalue weighted by Crippen LogP contribution is -2.00. The zero-order chi connectivity index (χ0) is 13.7. The van der Waals surface area contributed by atoms with E-state index in [0.29, 0.717) is 5.02 Å². The molecule has 0 bridgehead atoms. The van der Waals surface area contributed by atoms with E-state index < -0.39 is 0 Å². The van der Waals surface area contributed by atoms with Gasteiger partial charge in [0.15, 0.2) is 0 Å². The van der Waals surface area contributed by atoms with Crippen molar-refractivity contribution in [1.29, 1.82) is 0 Å². The molecule has 0 saturated carbocycles. The highest BCUT2D eigenvalue weighted by Gasteiger charge is 2.12. The molecule has 0 radical (unpaired) electrons. The van der Waals surface area contributed by atoms with Crippen molar-refractivity contribution in [2.24, 2.45) is 0 Å². The average molecular weight is 282 g/mol. The van der Waals surface area contributed by atoms with Gasteiger partial charge >= 0.3 is 0 Å². The van der Waals surface area contributed by atoms with Crippen LogP contribution in [0.5, 0.6) is 0 Å². The maximum absolute atomic E-state index is 6.13. The molecule has 0 atom stereocenters. The van der Waals surface area contributed by atoms with Gasteiger partial charge in [0.05, 0.1) is 16.6 Å². The van der Waals surface area contributed by atoms with Crippen molar-refractivity contribution in [3.05, 3.63) is 53.3 Å². The van der Waals surface area contributed by atoms with E-state index in [-0.39, 0.29) is 0 Å². The molecule has 3 nitrogen and oxygen atoms in total. The van der Waals surface area contributed by atoms with E-state index in [1.165, 1.54) is 0 Å². The Morgan fingerprint density at radius 3 is 2.75 bits per heavy atom. The molecule has 0 amide bonds. The number of hydrogen-bond acceptors (Lipinski definition) is 2. The molecule has 0 aliphatic carbocycles. The molecule has 4 rings (SSSR count).